The van der Waals surface area contributed by atoms with Crippen LogP contribution in [0.4, 0.5) is 10.5 Å². The van der Waals surface area contributed by atoms with E-state index in [4.69, 9.17) is 5.73 Å². The molecule has 3 aromatic rings. The van der Waals surface area contributed by atoms with E-state index in [9.17, 15) is 9.59 Å². The van der Waals surface area contributed by atoms with Crippen molar-refractivity contribution in [3.8, 4) is 0 Å². The van der Waals surface area contributed by atoms with Crippen LogP contribution in [0.1, 0.15) is 40.0 Å². The summed E-state index contributed by atoms with van der Waals surface area (Å²) in [7, 11) is 0. The Balaban J connectivity index is 1.66. The number of carbonyl (C=O) groups excluding carboxylic acids is 2. The third-order valence-electron chi connectivity index (χ3n) is 4.81. The molecule has 0 fully saturated rings. The summed E-state index contributed by atoms with van der Waals surface area (Å²) >= 11 is 0. The normalized spacial score (nSPS) is 11.5. The van der Waals surface area contributed by atoms with E-state index in [0.29, 0.717) is 11.3 Å². The van der Waals surface area contributed by atoms with Crippen LogP contribution in [0.5, 0.6) is 0 Å². The van der Waals surface area contributed by atoms with Gasteiger partial charge >= 0.3 is 6.03 Å². The lowest BCUT2D eigenvalue weighted by Crippen LogP contribution is -2.27. The van der Waals surface area contributed by atoms with Gasteiger partial charge < -0.3 is 16.4 Å². The fourth-order valence-corrected chi connectivity index (χ4v) is 3.24. The highest BCUT2D eigenvalue weighted by Crippen LogP contribution is 2.18. The molecule has 0 saturated carbocycles. The van der Waals surface area contributed by atoms with Crippen LogP contribution in [0.3, 0.4) is 0 Å². The molecule has 5 nitrogen and oxygen atoms in total. The van der Waals surface area contributed by atoms with Crippen LogP contribution < -0.4 is 16.4 Å². The molecule has 29 heavy (non-hydrogen) atoms. The molecule has 0 bridgehead atoms. The van der Waals surface area contributed by atoms with Gasteiger partial charge in [-0.2, -0.15) is 0 Å². The molecular weight excluding hydrogens is 362 g/mol. The number of nitrogens with one attached hydrogen (secondary N) is 2. The average molecular weight is 387 g/mol. The first-order valence-corrected chi connectivity index (χ1v) is 9.62. The van der Waals surface area contributed by atoms with Crippen molar-refractivity contribution in [3.05, 3.63) is 101 Å². The largest absolute Gasteiger partial charge is 0.351 e. The Labute approximate surface area is 170 Å². The fraction of sp³-hybridized carbons (Fsp3) is 0.167. The van der Waals surface area contributed by atoms with E-state index < -0.39 is 6.03 Å². The fourth-order valence-electron chi connectivity index (χ4n) is 3.24. The molecule has 3 amide bonds. The number of hydrogen-bond donors (Lipinski definition) is 3. The molecule has 0 spiro atoms. The lowest BCUT2D eigenvalue weighted by Gasteiger charge is -2.17. The van der Waals surface area contributed by atoms with Gasteiger partial charge in [-0.3, -0.25) is 4.79 Å². The minimum Gasteiger partial charge on any atom is -0.351 e. The molecule has 0 heterocycles. The molecule has 148 valence electrons. The summed E-state index contributed by atoms with van der Waals surface area (Å²) in [6.07, 6.45) is 1.69. The maximum atomic E-state index is 12.9. The van der Waals surface area contributed by atoms with Crippen LogP contribution in [-0.4, -0.2) is 11.9 Å². The van der Waals surface area contributed by atoms with Gasteiger partial charge in [0.25, 0.3) is 5.91 Å². The van der Waals surface area contributed by atoms with E-state index in [1.165, 1.54) is 5.56 Å². The zero-order chi connectivity index (χ0) is 20.6. The van der Waals surface area contributed by atoms with E-state index in [0.717, 1.165) is 24.0 Å². The van der Waals surface area contributed by atoms with Gasteiger partial charge in [-0.05, 0) is 54.7 Å². The second-order valence-electron chi connectivity index (χ2n) is 6.95. The molecule has 0 aliphatic carbocycles. The highest BCUT2D eigenvalue weighted by molar-refractivity contribution is 5.96. The third-order valence-corrected chi connectivity index (χ3v) is 4.81. The smallest absolute Gasteiger partial charge is 0.316 e. The minimum absolute atomic E-state index is 0.0968. The van der Waals surface area contributed by atoms with Gasteiger partial charge in [-0.15, -0.1) is 0 Å². The number of rotatable bonds is 7. The van der Waals surface area contributed by atoms with Crippen molar-refractivity contribution in [3.63, 3.8) is 0 Å². The van der Waals surface area contributed by atoms with Gasteiger partial charge in [-0.1, -0.05) is 60.7 Å². The van der Waals surface area contributed by atoms with E-state index in [-0.39, 0.29) is 11.9 Å². The molecular formula is C24H25N3O2. The molecule has 4 N–H and O–H groups in total. The van der Waals surface area contributed by atoms with Gasteiger partial charge in [0.15, 0.2) is 0 Å². The summed E-state index contributed by atoms with van der Waals surface area (Å²) in [5, 5.41) is 5.58. The summed E-state index contributed by atoms with van der Waals surface area (Å²) in [5.74, 6) is -0.0968. The number of nitrogens with two attached hydrogens (primary N) is 1. The second kappa shape index (κ2) is 9.55. The Bertz CT molecular complexity index is 969. The van der Waals surface area contributed by atoms with E-state index in [2.05, 4.69) is 22.8 Å². The summed E-state index contributed by atoms with van der Waals surface area (Å²) in [6.45, 7) is 1.93. The van der Waals surface area contributed by atoms with Gasteiger partial charge in [0.1, 0.15) is 0 Å². The van der Waals surface area contributed by atoms with E-state index in [1.807, 2.05) is 61.5 Å². The summed E-state index contributed by atoms with van der Waals surface area (Å²) in [5.41, 5.74) is 9.66. The van der Waals surface area contributed by atoms with Crippen molar-refractivity contribution in [1.29, 1.82) is 0 Å². The number of benzene rings is 3. The number of hydrogen-bond acceptors (Lipinski definition) is 2. The van der Waals surface area contributed by atoms with Crippen molar-refractivity contribution < 1.29 is 9.59 Å². The first-order chi connectivity index (χ1) is 14.0. The highest BCUT2D eigenvalue weighted by atomic mass is 16.2. The van der Waals surface area contributed by atoms with Crippen molar-refractivity contribution in [2.45, 2.75) is 25.8 Å². The first-order valence-electron chi connectivity index (χ1n) is 9.62. The minimum atomic E-state index is -0.605. The standard InChI is InChI=1S/C24H25N3O2/c1-17(19-13-15-21(16-14-19)27-24(25)29)26-23(28)22-10-6-5-9-20(22)12-11-18-7-3-2-4-8-18/h2-10,13-17H,11-12H2,1H3,(H,26,28)(H3,25,27,29). The zero-order valence-electron chi connectivity index (χ0n) is 16.4. The molecule has 0 saturated heterocycles. The number of urea groups is 1. The molecule has 0 aliphatic rings. The molecule has 1 unspecified atom stereocenters. The number of anilines is 1. The Morgan fingerprint density at radius 3 is 2.21 bits per heavy atom. The molecule has 3 aromatic carbocycles. The number of amides is 3. The lowest BCUT2D eigenvalue weighted by atomic mass is 9.99. The number of carbonyl (C=O) groups is 2. The van der Waals surface area contributed by atoms with Crippen LogP contribution in [0.25, 0.3) is 0 Å². The van der Waals surface area contributed by atoms with Crippen molar-refractivity contribution in [1.82, 2.24) is 5.32 Å². The van der Waals surface area contributed by atoms with Gasteiger partial charge in [0.2, 0.25) is 0 Å². The SMILES string of the molecule is CC(NC(=O)c1ccccc1CCc1ccccc1)c1ccc(NC(N)=O)cc1. The predicted octanol–water partition coefficient (Wildman–Crippen LogP) is 4.45. The Kier molecular flexibility index (Phi) is 6.63. The number of primary amides is 1. The maximum Gasteiger partial charge on any atom is 0.316 e. The summed E-state index contributed by atoms with van der Waals surface area (Å²) in [4.78, 5) is 23.8. The maximum absolute atomic E-state index is 12.9. The van der Waals surface area contributed by atoms with Crippen LogP contribution >= 0.6 is 0 Å². The first kappa shape index (κ1) is 20.1. The summed E-state index contributed by atoms with van der Waals surface area (Å²) in [6, 6.07) is 24.4. The van der Waals surface area contributed by atoms with Crippen molar-refractivity contribution in [2.75, 3.05) is 5.32 Å². The van der Waals surface area contributed by atoms with Crippen molar-refractivity contribution in [2.24, 2.45) is 5.73 Å². The summed E-state index contributed by atoms with van der Waals surface area (Å²) < 4.78 is 0. The Morgan fingerprint density at radius 1 is 0.862 bits per heavy atom. The van der Waals surface area contributed by atoms with Crippen molar-refractivity contribution >= 4 is 17.6 Å². The molecule has 3 rings (SSSR count). The third kappa shape index (κ3) is 5.69. The van der Waals surface area contributed by atoms with Gasteiger partial charge in [0, 0.05) is 11.3 Å². The lowest BCUT2D eigenvalue weighted by molar-refractivity contribution is 0.0939. The van der Waals surface area contributed by atoms with E-state index in [1.54, 1.807) is 12.1 Å². The topological polar surface area (TPSA) is 84.2 Å². The zero-order valence-corrected chi connectivity index (χ0v) is 16.4. The van der Waals surface area contributed by atoms with Crippen LogP contribution in [0.15, 0.2) is 78.9 Å². The molecule has 0 aliphatic heterocycles. The van der Waals surface area contributed by atoms with Gasteiger partial charge in [0.05, 0.1) is 6.04 Å². The van der Waals surface area contributed by atoms with E-state index >= 15 is 0 Å². The van der Waals surface area contributed by atoms with Crippen LogP contribution in [-0.2, 0) is 12.8 Å². The van der Waals surface area contributed by atoms with Crippen LogP contribution in [0, 0.1) is 0 Å². The number of aryl methyl sites for hydroxylation is 2. The molecule has 1 atom stereocenters. The van der Waals surface area contributed by atoms with Crippen LogP contribution in [0.2, 0.25) is 0 Å². The van der Waals surface area contributed by atoms with Gasteiger partial charge in [-0.25, -0.2) is 4.79 Å². The predicted molar refractivity (Wildman–Crippen MR) is 116 cm³/mol. The Hall–Kier alpha value is -3.60. The quantitative estimate of drug-likeness (QED) is 0.559. The molecule has 0 radical (unpaired) electrons. The molecule has 5 heteroatoms. The molecule has 0 aromatic heterocycles. The highest BCUT2D eigenvalue weighted by Gasteiger charge is 2.14. The average Bonchev–Trinajstić information content (AvgIpc) is 2.73. The Morgan fingerprint density at radius 2 is 1.52 bits per heavy atom. The monoisotopic (exact) mass is 387 g/mol. The second-order valence-corrected chi connectivity index (χ2v) is 6.95.